The molecule has 2 aliphatic rings. The van der Waals surface area contributed by atoms with Gasteiger partial charge < -0.3 is 19.5 Å². The van der Waals surface area contributed by atoms with Crippen molar-refractivity contribution in [1.82, 2.24) is 14.9 Å². The third kappa shape index (κ3) is 4.29. The summed E-state index contributed by atoms with van der Waals surface area (Å²) in [5.41, 5.74) is 0.965. The lowest BCUT2D eigenvalue weighted by Gasteiger charge is -2.32. The van der Waals surface area contributed by atoms with Crippen molar-refractivity contribution in [3.8, 4) is 0 Å². The minimum absolute atomic E-state index is 0.140. The van der Waals surface area contributed by atoms with Crippen LogP contribution < -0.4 is 10.5 Å². The van der Waals surface area contributed by atoms with Crippen LogP contribution in [0.3, 0.4) is 0 Å². The Hall–Kier alpha value is -2.57. The van der Waals surface area contributed by atoms with Crippen LogP contribution in [-0.2, 0) is 4.74 Å². The van der Waals surface area contributed by atoms with Crippen LogP contribution in [0.5, 0.6) is 0 Å². The summed E-state index contributed by atoms with van der Waals surface area (Å²) in [4.78, 5) is 35.6. The zero-order chi connectivity index (χ0) is 19.9. The standard InChI is InChI=1S/C21H28N4O3/c1-21(2,3)28-20(27)25(12-14-4-5-14)16-8-9-24(13-16)17-10-15-6-7-18(26)23-19(15)22-11-17/h6-7,10-11,14,16H,4-5,8-9,12-13H2,1-3H3,(H,22,23,26)/t16-/m0/s1. The molecule has 2 fully saturated rings. The zero-order valence-electron chi connectivity index (χ0n) is 16.8. The van der Waals surface area contributed by atoms with Gasteiger partial charge in [0.05, 0.1) is 17.9 Å². The Bertz CT molecular complexity index is 929. The number of anilines is 1. The molecule has 0 aromatic carbocycles. The molecule has 2 aromatic heterocycles. The highest BCUT2D eigenvalue weighted by Crippen LogP contribution is 2.33. The lowest BCUT2D eigenvalue weighted by Crippen LogP contribution is -2.45. The van der Waals surface area contributed by atoms with Gasteiger partial charge in [-0.05, 0) is 58.1 Å². The number of aromatic nitrogens is 2. The number of H-pyrrole nitrogens is 1. The summed E-state index contributed by atoms with van der Waals surface area (Å²) in [7, 11) is 0. The van der Waals surface area contributed by atoms with Gasteiger partial charge in [-0.15, -0.1) is 0 Å². The van der Waals surface area contributed by atoms with Crippen LogP contribution in [0.1, 0.15) is 40.0 Å². The number of carbonyl (C=O) groups is 1. The summed E-state index contributed by atoms with van der Waals surface area (Å²) < 4.78 is 5.67. The number of nitrogens with zero attached hydrogens (tertiary/aromatic N) is 3. The Balaban J connectivity index is 1.50. The van der Waals surface area contributed by atoms with Gasteiger partial charge in [-0.25, -0.2) is 9.78 Å². The van der Waals surface area contributed by atoms with E-state index < -0.39 is 5.60 Å². The van der Waals surface area contributed by atoms with Crippen LogP contribution in [0.4, 0.5) is 10.5 Å². The molecule has 1 aliphatic heterocycles. The van der Waals surface area contributed by atoms with Crippen molar-refractivity contribution in [3.05, 3.63) is 34.7 Å². The summed E-state index contributed by atoms with van der Waals surface area (Å²) in [6.45, 7) is 8.14. The van der Waals surface area contributed by atoms with E-state index in [1.807, 2.05) is 31.7 Å². The number of rotatable bonds is 4. The molecule has 3 heterocycles. The Morgan fingerprint density at radius 1 is 1.32 bits per heavy atom. The van der Waals surface area contributed by atoms with Gasteiger partial charge in [0.25, 0.3) is 0 Å². The second-order valence-electron chi connectivity index (χ2n) is 8.92. The average molecular weight is 384 g/mol. The number of nitrogens with one attached hydrogen (secondary N) is 1. The molecule has 28 heavy (non-hydrogen) atoms. The van der Waals surface area contributed by atoms with Crippen molar-refractivity contribution in [1.29, 1.82) is 0 Å². The quantitative estimate of drug-likeness (QED) is 0.876. The molecule has 2 aromatic rings. The van der Waals surface area contributed by atoms with E-state index in [9.17, 15) is 9.59 Å². The van der Waals surface area contributed by atoms with Crippen molar-refractivity contribution in [2.45, 2.75) is 51.7 Å². The van der Waals surface area contributed by atoms with E-state index in [4.69, 9.17) is 4.74 Å². The molecule has 0 spiro atoms. The summed E-state index contributed by atoms with van der Waals surface area (Å²) in [5, 5.41) is 0.905. The monoisotopic (exact) mass is 384 g/mol. The number of ether oxygens (including phenoxy) is 1. The maximum atomic E-state index is 12.8. The fourth-order valence-corrected chi connectivity index (χ4v) is 3.70. The maximum Gasteiger partial charge on any atom is 0.410 e. The van der Waals surface area contributed by atoms with Gasteiger partial charge in [0.2, 0.25) is 5.56 Å². The van der Waals surface area contributed by atoms with Crippen LogP contribution >= 0.6 is 0 Å². The number of hydrogen-bond acceptors (Lipinski definition) is 5. The van der Waals surface area contributed by atoms with E-state index in [0.717, 1.165) is 37.1 Å². The topological polar surface area (TPSA) is 78.5 Å². The maximum absolute atomic E-state index is 12.8. The van der Waals surface area contributed by atoms with Crippen molar-refractivity contribution >= 4 is 22.8 Å². The summed E-state index contributed by atoms with van der Waals surface area (Å²) >= 11 is 0. The molecule has 1 saturated carbocycles. The lowest BCUT2D eigenvalue weighted by atomic mass is 10.2. The molecular formula is C21H28N4O3. The molecule has 1 aliphatic carbocycles. The third-order valence-corrected chi connectivity index (χ3v) is 5.31. The molecule has 0 radical (unpaired) electrons. The second-order valence-corrected chi connectivity index (χ2v) is 8.92. The fraction of sp³-hybridized carbons (Fsp3) is 0.571. The number of amides is 1. The van der Waals surface area contributed by atoms with Crippen molar-refractivity contribution in [3.63, 3.8) is 0 Å². The minimum atomic E-state index is -0.490. The Kier molecular flexibility index (Phi) is 4.77. The number of carbonyl (C=O) groups excluding carboxylic acids is 1. The lowest BCUT2D eigenvalue weighted by molar-refractivity contribution is 0.0167. The predicted molar refractivity (Wildman–Crippen MR) is 109 cm³/mol. The molecular weight excluding hydrogens is 356 g/mol. The van der Waals surface area contributed by atoms with E-state index in [0.29, 0.717) is 11.6 Å². The largest absolute Gasteiger partial charge is 0.444 e. The van der Waals surface area contributed by atoms with Crippen molar-refractivity contribution in [2.75, 3.05) is 24.5 Å². The first-order chi connectivity index (χ1) is 13.3. The Morgan fingerprint density at radius 2 is 2.11 bits per heavy atom. The highest BCUT2D eigenvalue weighted by molar-refractivity contribution is 5.78. The first-order valence-corrected chi connectivity index (χ1v) is 10.0. The van der Waals surface area contributed by atoms with Crippen molar-refractivity contribution < 1.29 is 9.53 Å². The fourth-order valence-electron chi connectivity index (χ4n) is 3.70. The van der Waals surface area contributed by atoms with Gasteiger partial charge in [0, 0.05) is 31.1 Å². The van der Waals surface area contributed by atoms with Gasteiger partial charge in [-0.1, -0.05) is 0 Å². The highest BCUT2D eigenvalue weighted by Gasteiger charge is 2.37. The molecule has 7 nitrogen and oxygen atoms in total. The van der Waals surface area contributed by atoms with E-state index in [2.05, 4.69) is 14.9 Å². The van der Waals surface area contributed by atoms with E-state index in [1.54, 1.807) is 12.3 Å². The molecule has 150 valence electrons. The molecule has 1 amide bonds. The third-order valence-electron chi connectivity index (χ3n) is 5.31. The van der Waals surface area contributed by atoms with Gasteiger partial charge in [0.15, 0.2) is 0 Å². The highest BCUT2D eigenvalue weighted by atomic mass is 16.6. The molecule has 7 heteroatoms. The smallest absolute Gasteiger partial charge is 0.410 e. The van der Waals surface area contributed by atoms with Gasteiger partial charge in [-0.2, -0.15) is 0 Å². The van der Waals surface area contributed by atoms with E-state index >= 15 is 0 Å². The van der Waals surface area contributed by atoms with Crippen molar-refractivity contribution in [2.24, 2.45) is 5.92 Å². The molecule has 1 atom stereocenters. The van der Waals surface area contributed by atoms with Crippen LogP contribution in [0.25, 0.3) is 11.0 Å². The minimum Gasteiger partial charge on any atom is -0.444 e. The first kappa shape index (κ1) is 18.8. The van der Waals surface area contributed by atoms with E-state index in [1.165, 1.54) is 18.9 Å². The number of aromatic amines is 1. The second kappa shape index (κ2) is 7.11. The predicted octanol–water partition coefficient (Wildman–Crippen LogP) is 3.15. The van der Waals surface area contributed by atoms with Gasteiger partial charge in [-0.3, -0.25) is 4.79 Å². The SMILES string of the molecule is CC(C)(C)OC(=O)N(CC1CC1)[C@H]1CCN(c2cnc3[nH]c(=O)ccc3c2)C1. The summed E-state index contributed by atoms with van der Waals surface area (Å²) in [6, 6.07) is 5.49. The number of hydrogen-bond donors (Lipinski definition) is 1. The molecule has 1 saturated heterocycles. The number of pyridine rings is 2. The van der Waals surface area contributed by atoms with E-state index in [-0.39, 0.29) is 17.7 Å². The van der Waals surface area contributed by atoms with Crippen LogP contribution in [0.2, 0.25) is 0 Å². The zero-order valence-corrected chi connectivity index (χ0v) is 16.8. The molecule has 1 N–H and O–H groups in total. The van der Waals surface area contributed by atoms with Crippen LogP contribution in [-0.4, -0.2) is 52.2 Å². The summed E-state index contributed by atoms with van der Waals surface area (Å²) in [5.74, 6) is 0.612. The first-order valence-electron chi connectivity index (χ1n) is 10.0. The van der Waals surface area contributed by atoms with Crippen LogP contribution in [0.15, 0.2) is 29.2 Å². The Morgan fingerprint density at radius 3 is 2.82 bits per heavy atom. The number of fused-ring (bicyclic) bond motifs is 1. The summed E-state index contributed by atoms with van der Waals surface area (Å²) in [6.07, 6.45) is 4.89. The molecule has 0 bridgehead atoms. The molecule has 4 rings (SSSR count). The normalized spacial score (nSPS) is 19.8. The van der Waals surface area contributed by atoms with Crippen LogP contribution in [0, 0.1) is 5.92 Å². The Labute approximate surface area is 164 Å². The average Bonchev–Trinajstić information content (AvgIpc) is 3.32. The van der Waals surface area contributed by atoms with Gasteiger partial charge >= 0.3 is 6.09 Å². The van der Waals surface area contributed by atoms with Gasteiger partial charge in [0.1, 0.15) is 11.2 Å². The molecule has 0 unspecified atom stereocenters.